The molecule has 0 spiro atoms. The molecule has 4 aromatic heterocycles. The summed E-state index contributed by atoms with van der Waals surface area (Å²) in [6.07, 6.45) is 0. The van der Waals surface area contributed by atoms with Crippen molar-refractivity contribution in [2.75, 3.05) is 0 Å². The molecular formula is C65H39Br3O3S. The van der Waals surface area contributed by atoms with Crippen LogP contribution in [0.4, 0.5) is 0 Å². The van der Waals surface area contributed by atoms with Crippen LogP contribution in [-0.2, 0) is 10.8 Å². The first kappa shape index (κ1) is 42.9. The van der Waals surface area contributed by atoms with E-state index in [-0.39, 0.29) is 5.41 Å². The molecule has 4 heterocycles. The van der Waals surface area contributed by atoms with Crippen LogP contribution >= 0.6 is 59.1 Å². The van der Waals surface area contributed by atoms with Crippen LogP contribution in [0.2, 0.25) is 0 Å². The van der Waals surface area contributed by atoms with Crippen LogP contribution in [0.1, 0.15) is 52.8 Å². The predicted octanol–water partition coefficient (Wildman–Crippen LogP) is 20.7. The van der Waals surface area contributed by atoms with Gasteiger partial charge in [-0.15, -0.1) is 11.3 Å². The highest BCUT2D eigenvalue weighted by Gasteiger charge is 2.49. The first-order chi connectivity index (χ1) is 35.1. The maximum Gasteiger partial charge on any atom is 0.150 e. The maximum absolute atomic E-state index is 6.55. The average Bonchev–Trinajstić information content (AvgIpc) is 4.25. The van der Waals surface area contributed by atoms with Gasteiger partial charge < -0.3 is 13.3 Å². The van der Waals surface area contributed by atoms with Crippen molar-refractivity contribution in [2.24, 2.45) is 0 Å². The summed E-state index contributed by atoms with van der Waals surface area (Å²) in [5.41, 5.74) is 18.8. The summed E-state index contributed by atoms with van der Waals surface area (Å²) in [4.78, 5) is 0. The number of para-hydroxylation sites is 3. The molecule has 0 aliphatic heterocycles. The number of rotatable bonds is 2. The van der Waals surface area contributed by atoms with Gasteiger partial charge >= 0.3 is 0 Å². The number of thiophene rings is 1. The highest BCUT2D eigenvalue weighted by molar-refractivity contribution is 9.11. The summed E-state index contributed by atoms with van der Waals surface area (Å²) in [6, 6.07) is 65.2. The molecule has 344 valence electrons. The minimum Gasteiger partial charge on any atom is -0.455 e. The minimum absolute atomic E-state index is 0.171. The van der Waals surface area contributed by atoms with E-state index in [4.69, 9.17) is 13.3 Å². The van der Waals surface area contributed by atoms with Gasteiger partial charge in [-0.05, 0) is 120 Å². The van der Waals surface area contributed by atoms with Crippen LogP contribution < -0.4 is 0 Å². The quantitative estimate of drug-likeness (QED) is 0.173. The van der Waals surface area contributed by atoms with E-state index in [9.17, 15) is 0 Å². The molecule has 2 aliphatic carbocycles. The van der Waals surface area contributed by atoms with Gasteiger partial charge in [0.25, 0.3) is 0 Å². The van der Waals surface area contributed by atoms with Gasteiger partial charge in [0.15, 0.2) is 0 Å². The Kier molecular flexibility index (Phi) is 9.17. The first-order valence-electron chi connectivity index (χ1n) is 24.1. The van der Waals surface area contributed by atoms with Crippen molar-refractivity contribution in [3.05, 3.63) is 234 Å². The Morgan fingerprint density at radius 2 is 0.819 bits per heavy atom. The van der Waals surface area contributed by atoms with E-state index in [0.29, 0.717) is 0 Å². The summed E-state index contributed by atoms with van der Waals surface area (Å²) in [7, 11) is 0. The van der Waals surface area contributed by atoms with Gasteiger partial charge in [0.05, 0.1) is 14.4 Å². The lowest BCUT2D eigenvalue weighted by atomic mass is 9.67. The minimum atomic E-state index is -0.489. The lowest BCUT2D eigenvalue weighted by Crippen LogP contribution is -2.28. The molecule has 0 atom stereocenters. The van der Waals surface area contributed by atoms with Crippen LogP contribution in [0.15, 0.2) is 209 Å². The molecule has 0 unspecified atom stereocenters. The Morgan fingerprint density at radius 1 is 0.389 bits per heavy atom. The topological polar surface area (TPSA) is 39.4 Å². The summed E-state index contributed by atoms with van der Waals surface area (Å²) in [6.45, 7) is 6.86. The standard InChI is InChI=1S/C38H23BrOS.C27H16Br2O2/c1-22-20-27-35(37-32(22)26-17-9-11-19-31(26)41-37)34-28(21-29(39)36-33(34)25-16-8-10-18-30(25)40-36)38(27,23-12-4-2-5-13-23)24-14-6-3-7-15-24;1-27(2)15-12-18(29)25-22(14-8-4-6-10-20(14)30-25)23(15)24-16(27)11-17(28)21-13-7-3-5-9-19(13)31-26(21)24/h2-21H,1H3;3-12H,1-2H3. The van der Waals surface area contributed by atoms with Crippen molar-refractivity contribution in [1.29, 1.82) is 0 Å². The van der Waals surface area contributed by atoms with Crippen molar-refractivity contribution in [3.63, 3.8) is 0 Å². The van der Waals surface area contributed by atoms with Crippen molar-refractivity contribution in [1.82, 2.24) is 0 Å². The zero-order valence-electron chi connectivity index (χ0n) is 39.1. The Bertz CT molecular complexity index is 4610. The number of halogens is 3. The fourth-order valence-corrected chi connectivity index (χ4v) is 15.7. The molecule has 0 bridgehead atoms. The lowest BCUT2D eigenvalue weighted by Gasteiger charge is -2.34. The molecule has 16 rings (SSSR count). The highest BCUT2D eigenvalue weighted by Crippen LogP contribution is 2.63. The monoisotopic (exact) mass is 1140 g/mol. The molecule has 7 heteroatoms. The fourth-order valence-electron chi connectivity index (χ4n) is 12.7. The molecule has 0 saturated heterocycles. The molecule has 72 heavy (non-hydrogen) atoms. The van der Waals surface area contributed by atoms with Crippen molar-refractivity contribution >= 4 is 145 Å². The summed E-state index contributed by atoms with van der Waals surface area (Å²) in [5, 5.41) is 9.56. The molecular weight excluding hydrogens is 1100 g/mol. The molecule has 0 saturated carbocycles. The number of benzene rings is 10. The Hall–Kier alpha value is -6.74. The second kappa shape index (κ2) is 15.4. The van der Waals surface area contributed by atoms with Gasteiger partial charge in [0.1, 0.15) is 33.5 Å². The van der Waals surface area contributed by atoms with E-state index < -0.39 is 5.41 Å². The second-order valence-electron chi connectivity index (χ2n) is 19.8. The van der Waals surface area contributed by atoms with Crippen LogP contribution in [0.5, 0.6) is 0 Å². The molecule has 0 N–H and O–H groups in total. The second-order valence-corrected chi connectivity index (χ2v) is 23.4. The number of hydrogen-bond acceptors (Lipinski definition) is 4. The van der Waals surface area contributed by atoms with E-state index in [1.165, 1.54) is 86.8 Å². The van der Waals surface area contributed by atoms with Gasteiger partial charge in [-0.3, -0.25) is 0 Å². The average molecular weight is 1140 g/mol. The van der Waals surface area contributed by atoms with Crippen molar-refractivity contribution < 1.29 is 13.3 Å². The Balaban J connectivity index is 0.000000133. The van der Waals surface area contributed by atoms with Crippen LogP contribution in [-0.4, -0.2) is 0 Å². The number of fused-ring (bicyclic) bond motifs is 22. The lowest BCUT2D eigenvalue weighted by molar-refractivity contribution is 0.650. The highest BCUT2D eigenvalue weighted by atomic mass is 79.9. The molecule has 0 amide bonds. The number of hydrogen-bond donors (Lipinski definition) is 0. The number of furan rings is 3. The summed E-state index contributed by atoms with van der Waals surface area (Å²) in [5.74, 6) is 0. The van der Waals surface area contributed by atoms with Crippen molar-refractivity contribution in [3.8, 4) is 22.3 Å². The van der Waals surface area contributed by atoms with E-state index in [1.54, 1.807) is 0 Å². The predicted molar refractivity (Wildman–Crippen MR) is 310 cm³/mol. The zero-order chi connectivity index (χ0) is 48.4. The van der Waals surface area contributed by atoms with Crippen LogP contribution in [0, 0.1) is 6.92 Å². The maximum atomic E-state index is 6.55. The van der Waals surface area contributed by atoms with Gasteiger partial charge in [0, 0.05) is 84.6 Å². The third kappa shape index (κ3) is 5.60. The summed E-state index contributed by atoms with van der Waals surface area (Å²) >= 11 is 13.5. The van der Waals surface area contributed by atoms with Gasteiger partial charge in [-0.2, -0.15) is 0 Å². The molecule has 0 radical (unpaired) electrons. The van der Waals surface area contributed by atoms with E-state index >= 15 is 0 Å². The van der Waals surface area contributed by atoms with Gasteiger partial charge in [-0.1, -0.05) is 169 Å². The number of aryl methyl sites for hydroxylation is 1. The van der Waals surface area contributed by atoms with E-state index in [0.717, 1.165) is 73.8 Å². The zero-order valence-corrected chi connectivity index (χ0v) is 44.7. The largest absolute Gasteiger partial charge is 0.455 e. The Morgan fingerprint density at radius 3 is 1.40 bits per heavy atom. The van der Waals surface area contributed by atoms with Crippen LogP contribution in [0.25, 0.3) is 108 Å². The van der Waals surface area contributed by atoms with E-state index in [1.807, 2.05) is 35.6 Å². The fraction of sp³-hybridized carbons (Fsp3) is 0.0769. The first-order valence-corrected chi connectivity index (χ1v) is 27.3. The van der Waals surface area contributed by atoms with Crippen LogP contribution in [0.3, 0.4) is 0 Å². The summed E-state index contributed by atoms with van der Waals surface area (Å²) < 4.78 is 25.1. The molecule has 14 aromatic rings. The molecule has 0 fully saturated rings. The molecule has 10 aromatic carbocycles. The third-order valence-corrected chi connectivity index (χ3v) is 18.7. The van der Waals surface area contributed by atoms with Gasteiger partial charge in [-0.25, -0.2) is 0 Å². The third-order valence-electron chi connectivity index (χ3n) is 15.7. The SMILES string of the molecule is CC1(C)c2cc(Br)c3c(oc4ccccc43)c2-c2c1cc(Br)c1oc3ccccc3c21.Cc1cc2c(c3sc4ccccc4c13)-c1c(cc(Br)c3oc4ccccc4c13)C2(c1ccccc1)c1ccccc1. The Labute approximate surface area is 443 Å². The van der Waals surface area contributed by atoms with Gasteiger partial charge in [0.2, 0.25) is 0 Å². The normalized spacial score (nSPS) is 14.2. The molecule has 2 aliphatic rings. The smallest absolute Gasteiger partial charge is 0.150 e. The molecule has 3 nitrogen and oxygen atoms in total. The van der Waals surface area contributed by atoms with Crippen molar-refractivity contribution in [2.45, 2.75) is 31.6 Å². The van der Waals surface area contributed by atoms with E-state index in [2.05, 4.69) is 226 Å².